The topological polar surface area (TPSA) is 115 Å². The molecule has 3 aromatic carbocycles. The van der Waals surface area contributed by atoms with Crippen molar-refractivity contribution in [3.63, 3.8) is 0 Å². The van der Waals surface area contributed by atoms with Gasteiger partial charge in [0.1, 0.15) is 5.82 Å². The largest absolute Gasteiger partial charge is 0.478 e. The van der Waals surface area contributed by atoms with E-state index >= 15 is 0 Å². The highest BCUT2D eigenvalue weighted by Gasteiger charge is 2.15. The quantitative estimate of drug-likeness (QED) is 0.346. The van der Waals surface area contributed by atoms with E-state index in [2.05, 4.69) is 4.98 Å². The fraction of sp³-hybridized carbons (Fsp3) is 0. The third kappa shape index (κ3) is 3.99. The standard InChI is InChI=1S/C23H14ClN3O5/c24-19-11-10-16(13-18(19)23(29)30)26-21(25-20-4-2-1-3-17(20)22(26)28)12-7-14-5-8-15(9-6-14)27(31)32/h1-13H,(H,29,30)/b12-7+. The van der Waals surface area contributed by atoms with Crippen LogP contribution < -0.4 is 5.56 Å². The van der Waals surface area contributed by atoms with Gasteiger partial charge in [0.2, 0.25) is 0 Å². The second-order valence-corrected chi connectivity index (χ2v) is 7.19. The average molecular weight is 448 g/mol. The normalized spacial score (nSPS) is 11.2. The van der Waals surface area contributed by atoms with Gasteiger partial charge in [0.15, 0.2) is 0 Å². The van der Waals surface area contributed by atoms with Crippen molar-refractivity contribution in [1.82, 2.24) is 9.55 Å². The Balaban J connectivity index is 1.90. The summed E-state index contributed by atoms with van der Waals surface area (Å²) >= 11 is 5.98. The molecular weight excluding hydrogens is 434 g/mol. The van der Waals surface area contributed by atoms with E-state index in [4.69, 9.17) is 11.6 Å². The van der Waals surface area contributed by atoms with Crippen LogP contribution in [0, 0.1) is 10.1 Å². The van der Waals surface area contributed by atoms with Gasteiger partial charge in [0.25, 0.3) is 11.2 Å². The molecule has 0 saturated carbocycles. The number of carboxylic acid groups (broad SMARTS) is 1. The molecule has 0 atom stereocenters. The lowest BCUT2D eigenvalue weighted by molar-refractivity contribution is -0.384. The Morgan fingerprint density at radius 3 is 2.47 bits per heavy atom. The minimum Gasteiger partial charge on any atom is -0.478 e. The van der Waals surface area contributed by atoms with Crippen molar-refractivity contribution in [2.45, 2.75) is 0 Å². The minimum atomic E-state index is -1.22. The van der Waals surface area contributed by atoms with Crippen LogP contribution >= 0.6 is 11.6 Å². The van der Waals surface area contributed by atoms with Crippen molar-refractivity contribution >= 4 is 46.3 Å². The van der Waals surface area contributed by atoms with Crippen LogP contribution in [0.25, 0.3) is 28.7 Å². The lowest BCUT2D eigenvalue weighted by Gasteiger charge is -2.12. The van der Waals surface area contributed by atoms with Gasteiger partial charge in [-0.05, 0) is 54.1 Å². The molecule has 0 saturated heterocycles. The maximum atomic E-state index is 13.3. The van der Waals surface area contributed by atoms with Crippen LogP contribution in [-0.2, 0) is 0 Å². The molecule has 0 aliphatic rings. The maximum absolute atomic E-state index is 13.3. The Bertz CT molecular complexity index is 1460. The van der Waals surface area contributed by atoms with Gasteiger partial charge in [-0.15, -0.1) is 0 Å². The molecule has 0 amide bonds. The van der Waals surface area contributed by atoms with E-state index in [-0.39, 0.29) is 27.7 Å². The highest BCUT2D eigenvalue weighted by Crippen LogP contribution is 2.22. The number of nitrogens with zero attached hydrogens (tertiary/aromatic N) is 3. The highest BCUT2D eigenvalue weighted by molar-refractivity contribution is 6.33. The molecule has 158 valence electrons. The van der Waals surface area contributed by atoms with Crippen molar-refractivity contribution in [1.29, 1.82) is 0 Å². The number of aromatic carboxylic acids is 1. The zero-order valence-electron chi connectivity index (χ0n) is 16.3. The number of non-ortho nitro benzene ring substituents is 1. The summed E-state index contributed by atoms with van der Waals surface area (Å²) in [5, 5.41) is 20.7. The zero-order chi connectivity index (χ0) is 22.8. The molecule has 9 heteroatoms. The average Bonchev–Trinajstić information content (AvgIpc) is 2.78. The Morgan fingerprint density at radius 2 is 1.78 bits per heavy atom. The Labute approximate surface area is 185 Å². The number of hydrogen-bond acceptors (Lipinski definition) is 5. The van der Waals surface area contributed by atoms with Crippen LogP contribution in [-0.4, -0.2) is 25.6 Å². The molecule has 1 heterocycles. The van der Waals surface area contributed by atoms with Gasteiger partial charge in [-0.3, -0.25) is 19.5 Å². The van der Waals surface area contributed by atoms with E-state index in [0.717, 1.165) is 0 Å². The SMILES string of the molecule is O=C(O)c1cc(-n2c(/C=C/c3ccc([N+](=O)[O-])cc3)nc3ccccc3c2=O)ccc1Cl. The summed E-state index contributed by atoms with van der Waals surface area (Å²) in [5.41, 5.74) is 0.868. The second kappa shape index (κ2) is 8.44. The lowest BCUT2D eigenvalue weighted by atomic mass is 10.1. The Hall–Kier alpha value is -4.30. The van der Waals surface area contributed by atoms with E-state index in [0.29, 0.717) is 22.2 Å². The fourth-order valence-electron chi connectivity index (χ4n) is 3.21. The van der Waals surface area contributed by atoms with Gasteiger partial charge in [-0.1, -0.05) is 29.8 Å². The zero-order valence-corrected chi connectivity index (χ0v) is 17.1. The first-order chi connectivity index (χ1) is 15.3. The van der Waals surface area contributed by atoms with Crippen LogP contribution in [0.4, 0.5) is 5.69 Å². The third-order valence-electron chi connectivity index (χ3n) is 4.77. The molecule has 0 aliphatic carbocycles. The predicted octanol–water partition coefficient (Wildman–Crippen LogP) is 4.82. The van der Waals surface area contributed by atoms with Crippen molar-refractivity contribution in [2.75, 3.05) is 0 Å². The molecule has 0 spiro atoms. The molecule has 32 heavy (non-hydrogen) atoms. The Kier molecular flexibility index (Phi) is 5.53. The second-order valence-electron chi connectivity index (χ2n) is 6.78. The van der Waals surface area contributed by atoms with Crippen molar-refractivity contribution in [2.24, 2.45) is 0 Å². The number of nitro groups is 1. The smallest absolute Gasteiger partial charge is 0.337 e. The van der Waals surface area contributed by atoms with E-state index in [9.17, 15) is 24.8 Å². The summed E-state index contributed by atoms with van der Waals surface area (Å²) in [6, 6.07) is 17.0. The highest BCUT2D eigenvalue weighted by atomic mass is 35.5. The summed E-state index contributed by atoms with van der Waals surface area (Å²) in [6.07, 6.45) is 3.24. The van der Waals surface area contributed by atoms with Crippen LogP contribution in [0.1, 0.15) is 21.7 Å². The molecule has 4 rings (SSSR count). The number of fused-ring (bicyclic) bond motifs is 1. The van der Waals surface area contributed by atoms with E-state index in [1.807, 2.05) is 0 Å². The van der Waals surface area contributed by atoms with Crippen LogP contribution in [0.5, 0.6) is 0 Å². The van der Waals surface area contributed by atoms with Gasteiger partial charge in [-0.25, -0.2) is 9.78 Å². The number of carboxylic acids is 1. The van der Waals surface area contributed by atoms with Crippen molar-refractivity contribution < 1.29 is 14.8 Å². The molecule has 8 nitrogen and oxygen atoms in total. The summed E-state index contributed by atoms with van der Waals surface area (Å²) < 4.78 is 1.30. The van der Waals surface area contributed by atoms with Gasteiger partial charge in [-0.2, -0.15) is 0 Å². The molecule has 0 unspecified atom stereocenters. The third-order valence-corrected chi connectivity index (χ3v) is 5.10. The molecule has 0 fully saturated rings. The molecule has 1 N–H and O–H groups in total. The first-order valence-electron chi connectivity index (χ1n) is 9.33. The van der Waals surface area contributed by atoms with E-state index in [1.165, 1.54) is 34.9 Å². The summed E-state index contributed by atoms with van der Waals surface area (Å²) in [4.78, 5) is 39.7. The van der Waals surface area contributed by atoms with Crippen molar-refractivity contribution in [3.8, 4) is 5.69 Å². The van der Waals surface area contributed by atoms with Crippen LogP contribution in [0.15, 0.2) is 71.5 Å². The number of hydrogen-bond donors (Lipinski definition) is 1. The number of rotatable bonds is 5. The summed E-state index contributed by atoms with van der Waals surface area (Å²) in [5.74, 6) is -0.965. The van der Waals surface area contributed by atoms with Gasteiger partial charge < -0.3 is 5.11 Å². The number of para-hydroxylation sites is 1. The molecule has 0 aliphatic heterocycles. The first-order valence-corrected chi connectivity index (χ1v) is 9.70. The molecule has 0 bridgehead atoms. The number of nitro benzene ring substituents is 1. The number of carbonyl (C=O) groups is 1. The molecular formula is C23H14ClN3O5. The predicted molar refractivity (Wildman–Crippen MR) is 121 cm³/mol. The van der Waals surface area contributed by atoms with Gasteiger partial charge in [0.05, 0.1) is 32.1 Å². The van der Waals surface area contributed by atoms with E-state index < -0.39 is 10.9 Å². The van der Waals surface area contributed by atoms with Gasteiger partial charge >= 0.3 is 5.97 Å². The van der Waals surface area contributed by atoms with Crippen LogP contribution in [0.2, 0.25) is 5.02 Å². The number of aromatic nitrogens is 2. The van der Waals surface area contributed by atoms with Crippen LogP contribution in [0.3, 0.4) is 0 Å². The maximum Gasteiger partial charge on any atom is 0.337 e. The fourth-order valence-corrected chi connectivity index (χ4v) is 3.40. The summed E-state index contributed by atoms with van der Waals surface area (Å²) in [6.45, 7) is 0. The number of benzene rings is 3. The minimum absolute atomic E-state index is 0.0368. The monoisotopic (exact) mass is 447 g/mol. The molecule has 0 radical (unpaired) electrons. The van der Waals surface area contributed by atoms with Crippen molar-refractivity contribution in [3.05, 3.63) is 109 Å². The van der Waals surface area contributed by atoms with E-state index in [1.54, 1.807) is 48.6 Å². The molecule has 4 aromatic rings. The van der Waals surface area contributed by atoms with Gasteiger partial charge in [0, 0.05) is 12.1 Å². The number of halogens is 1. The lowest BCUT2D eigenvalue weighted by Crippen LogP contribution is -2.22. The molecule has 1 aromatic heterocycles. The summed E-state index contributed by atoms with van der Waals surface area (Å²) in [7, 11) is 0. The first kappa shape index (κ1) is 21.0. The Morgan fingerprint density at radius 1 is 1.06 bits per heavy atom.